The molecule has 0 unspecified atom stereocenters. The number of carbonyl (C=O) groups excluding carboxylic acids is 1. The van der Waals surface area contributed by atoms with Gasteiger partial charge in [0.05, 0.1) is 0 Å². The van der Waals surface area contributed by atoms with Crippen molar-refractivity contribution < 1.29 is 4.79 Å². The van der Waals surface area contributed by atoms with Crippen molar-refractivity contribution in [3.05, 3.63) is 0 Å². The topological polar surface area (TPSA) is 56.7 Å². The summed E-state index contributed by atoms with van der Waals surface area (Å²) in [5.41, 5.74) is 0. The third-order valence-electron chi connectivity index (χ3n) is 3.49. The van der Waals surface area contributed by atoms with Crippen LogP contribution in [0, 0.1) is 0 Å². The highest BCUT2D eigenvalue weighted by molar-refractivity contribution is 7.98. The van der Waals surface area contributed by atoms with Crippen LogP contribution in [0.3, 0.4) is 0 Å². The van der Waals surface area contributed by atoms with Crippen LogP contribution in [0.25, 0.3) is 0 Å². The average Bonchev–Trinajstić information content (AvgIpc) is 2.52. The predicted octanol–water partition coefficient (Wildman–Crippen LogP) is 1.70. The quantitative estimate of drug-likeness (QED) is 0.407. The van der Waals surface area contributed by atoms with Crippen LogP contribution in [0.1, 0.15) is 39.0 Å². The Labute approximate surface area is 133 Å². The maximum absolute atomic E-state index is 12.1. The number of nitrogens with one attached hydrogen (secondary N) is 2. The Balaban J connectivity index is 2.30. The molecular formula is C15H30N4OS. The SMILES string of the molecule is CCNC(=NCC(=O)N1CCCCC1)NCCCCSC. The van der Waals surface area contributed by atoms with E-state index in [0.717, 1.165) is 51.4 Å². The molecule has 6 heteroatoms. The van der Waals surface area contributed by atoms with Crippen LogP contribution in [-0.4, -0.2) is 61.5 Å². The van der Waals surface area contributed by atoms with Crippen molar-refractivity contribution in [1.82, 2.24) is 15.5 Å². The maximum Gasteiger partial charge on any atom is 0.244 e. The summed E-state index contributed by atoms with van der Waals surface area (Å²) in [6, 6.07) is 0. The van der Waals surface area contributed by atoms with Gasteiger partial charge in [0.2, 0.25) is 5.91 Å². The molecule has 0 aromatic heterocycles. The standard InChI is InChI=1S/C15H30N4OS/c1-3-16-15(17-9-5-8-12-21-2)18-13-14(20)19-10-6-4-7-11-19/h3-13H2,1-2H3,(H2,16,17,18). The number of nitrogens with zero attached hydrogens (tertiary/aromatic N) is 2. The minimum atomic E-state index is 0.147. The van der Waals surface area contributed by atoms with Crippen LogP contribution in [0.15, 0.2) is 4.99 Å². The Bertz CT molecular complexity index is 317. The second-order valence-electron chi connectivity index (χ2n) is 5.26. The number of carbonyl (C=O) groups is 1. The number of likely N-dealkylation sites (tertiary alicyclic amines) is 1. The fraction of sp³-hybridized carbons (Fsp3) is 0.867. The van der Waals surface area contributed by atoms with Crippen molar-refractivity contribution in [3.8, 4) is 0 Å². The molecule has 1 aliphatic heterocycles. The fourth-order valence-electron chi connectivity index (χ4n) is 2.31. The Morgan fingerprint density at radius 1 is 1.19 bits per heavy atom. The zero-order valence-electron chi connectivity index (χ0n) is 13.5. The first kappa shape index (κ1) is 18.1. The zero-order valence-corrected chi connectivity index (χ0v) is 14.3. The number of hydrogen-bond donors (Lipinski definition) is 2. The molecule has 1 aliphatic rings. The van der Waals surface area contributed by atoms with E-state index in [1.165, 1.54) is 18.6 Å². The van der Waals surface area contributed by atoms with E-state index < -0.39 is 0 Å². The lowest BCUT2D eigenvalue weighted by molar-refractivity contribution is -0.130. The normalized spacial score (nSPS) is 15.9. The highest BCUT2D eigenvalue weighted by Gasteiger charge is 2.15. The number of unbranched alkanes of at least 4 members (excludes halogenated alkanes) is 1. The summed E-state index contributed by atoms with van der Waals surface area (Å²) in [6.45, 7) is 5.80. The molecule has 5 nitrogen and oxygen atoms in total. The van der Waals surface area contributed by atoms with Crippen molar-refractivity contribution in [1.29, 1.82) is 0 Å². The summed E-state index contributed by atoms with van der Waals surface area (Å²) in [4.78, 5) is 18.4. The molecule has 1 amide bonds. The van der Waals surface area contributed by atoms with Gasteiger partial charge in [-0.15, -0.1) is 0 Å². The molecule has 0 bridgehead atoms. The third kappa shape index (κ3) is 8.19. The minimum absolute atomic E-state index is 0.147. The molecule has 0 aromatic carbocycles. The van der Waals surface area contributed by atoms with Crippen molar-refractivity contribution >= 4 is 23.6 Å². The molecule has 0 aliphatic carbocycles. The Hall–Kier alpha value is -0.910. The lowest BCUT2D eigenvalue weighted by Crippen LogP contribution is -2.40. The van der Waals surface area contributed by atoms with Gasteiger partial charge >= 0.3 is 0 Å². The van der Waals surface area contributed by atoms with Gasteiger partial charge in [0, 0.05) is 26.2 Å². The first-order valence-corrected chi connectivity index (χ1v) is 9.46. The van der Waals surface area contributed by atoms with Crippen molar-refractivity contribution in [2.75, 3.05) is 44.7 Å². The van der Waals surface area contributed by atoms with E-state index in [0.29, 0.717) is 0 Å². The van der Waals surface area contributed by atoms with Crippen molar-refractivity contribution in [3.63, 3.8) is 0 Å². The summed E-state index contributed by atoms with van der Waals surface area (Å²) in [7, 11) is 0. The molecule has 2 N–H and O–H groups in total. The van der Waals surface area contributed by atoms with Crippen LogP contribution >= 0.6 is 11.8 Å². The van der Waals surface area contributed by atoms with Gasteiger partial charge in [-0.25, -0.2) is 4.99 Å². The summed E-state index contributed by atoms with van der Waals surface area (Å²) >= 11 is 1.88. The van der Waals surface area contributed by atoms with Crippen LogP contribution in [-0.2, 0) is 4.79 Å². The van der Waals surface area contributed by atoms with E-state index in [4.69, 9.17) is 0 Å². The van der Waals surface area contributed by atoms with Gasteiger partial charge in [-0.05, 0) is 51.0 Å². The highest BCUT2D eigenvalue weighted by atomic mass is 32.2. The number of amides is 1. The van der Waals surface area contributed by atoms with E-state index >= 15 is 0 Å². The number of hydrogen-bond acceptors (Lipinski definition) is 3. The van der Waals surface area contributed by atoms with Crippen molar-refractivity contribution in [2.24, 2.45) is 4.99 Å². The predicted molar refractivity (Wildman–Crippen MR) is 92.0 cm³/mol. The molecule has 1 heterocycles. The van der Waals surface area contributed by atoms with E-state index in [1.807, 2.05) is 23.6 Å². The molecule has 1 rings (SSSR count). The first-order valence-electron chi connectivity index (χ1n) is 8.06. The van der Waals surface area contributed by atoms with Gasteiger partial charge in [0.25, 0.3) is 0 Å². The van der Waals surface area contributed by atoms with E-state index in [2.05, 4.69) is 21.9 Å². The molecule has 0 aromatic rings. The van der Waals surface area contributed by atoms with E-state index in [1.54, 1.807) is 0 Å². The number of thioether (sulfide) groups is 1. The smallest absolute Gasteiger partial charge is 0.244 e. The average molecular weight is 314 g/mol. The van der Waals surface area contributed by atoms with Gasteiger partial charge in [-0.2, -0.15) is 11.8 Å². The van der Waals surface area contributed by atoms with Crippen LogP contribution < -0.4 is 10.6 Å². The van der Waals surface area contributed by atoms with E-state index in [-0.39, 0.29) is 12.5 Å². The molecule has 0 atom stereocenters. The summed E-state index contributed by atoms with van der Waals surface area (Å²) in [5.74, 6) is 2.10. The number of piperidine rings is 1. The Morgan fingerprint density at radius 3 is 2.62 bits per heavy atom. The molecule has 1 saturated heterocycles. The zero-order chi connectivity index (χ0) is 15.3. The third-order valence-corrected chi connectivity index (χ3v) is 4.19. The van der Waals surface area contributed by atoms with Gasteiger partial charge in [0.15, 0.2) is 5.96 Å². The van der Waals surface area contributed by atoms with Gasteiger partial charge in [-0.3, -0.25) is 4.79 Å². The number of rotatable bonds is 8. The van der Waals surface area contributed by atoms with E-state index in [9.17, 15) is 4.79 Å². The maximum atomic E-state index is 12.1. The Kier molecular flexibility index (Phi) is 10.1. The highest BCUT2D eigenvalue weighted by Crippen LogP contribution is 2.08. The van der Waals surface area contributed by atoms with Gasteiger partial charge < -0.3 is 15.5 Å². The molecule has 0 radical (unpaired) electrons. The second-order valence-corrected chi connectivity index (χ2v) is 6.25. The molecule has 0 spiro atoms. The van der Waals surface area contributed by atoms with Crippen LogP contribution in [0.5, 0.6) is 0 Å². The summed E-state index contributed by atoms with van der Waals surface area (Å²) in [5, 5.41) is 6.49. The Morgan fingerprint density at radius 2 is 1.95 bits per heavy atom. The molecule has 1 fully saturated rings. The monoisotopic (exact) mass is 314 g/mol. The largest absolute Gasteiger partial charge is 0.357 e. The molecule has 122 valence electrons. The first-order chi connectivity index (χ1) is 10.3. The minimum Gasteiger partial charge on any atom is -0.357 e. The van der Waals surface area contributed by atoms with Crippen LogP contribution in [0.2, 0.25) is 0 Å². The number of guanidine groups is 1. The lowest BCUT2D eigenvalue weighted by Gasteiger charge is -2.26. The summed E-state index contributed by atoms with van der Waals surface area (Å²) in [6.07, 6.45) is 7.97. The molecular weight excluding hydrogens is 284 g/mol. The molecule has 21 heavy (non-hydrogen) atoms. The summed E-state index contributed by atoms with van der Waals surface area (Å²) < 4.78 is 0. The van der Waals surface area contributed by atoms with Gasteiger partial charge in [-0.1, -0.05) is 0 Å². The molecule has 0 saturated carbocycles. The number of aliphatic imine (C=N–C) groups is 1. The fourth-order valence-corrected chi connectivity index (χ4v) is 2.80. The van der Waals surface area contributed by atoms with Crippen molar-refractivity contribution in [2.45, 2.75) is 39.0 Å². The van der Waals surface area contributed by atoms with Crippen LogP contribution in [0.4, 0.5) is 0 Å². The lowest BCUT2D eigenvalue weighted by atomic mass is 10.1. The second kappa shape index (κ2) is 11.7. The van der Waals surface area contributed by atoms with Gasteiger partial charge in [0.1, 0.15) is 6.54 Å².